The Labute approximate surface area is 181 Å². The average molecular weight is 495 g/mol. The lowest BCUT2D eigenvalue weighted by Gasteiger charge is -2.15. The van der Waals surface area contributed by atoms with Gasteiger partial charge >= 0.3 is 0 Å². The number of rotatable bonds is 7. The first-order valence-corrected chi connectivity index (χ1v) is 9.83. The number of hydrogen-bond acceptors (Lipinski definition) is 3. The third kappa shape index (κ3) is 6.35. The second kappa shape index (κ2) is 11.1. The lowest BCUT2D eigenvalue weighted by Crippen LogP contribution is -2.39. The highest BCUT2D eigenvalue weighted by Crippen LogP contribution is 2.17. The van der Waals surface area contributed by atoms with Gasteiger partial charge in [-0.15, -0.1) is 24.0 Å². The molecular formula is C20H26IN5S. The Bertz CT molecular complexity index is 814. The Hall–Kier alpha value is -1.87. The van der Waals surface area contributed by atoms with Crippen LogP contribution < -0.4 is 10.6 Å². The van der Waals surface area contributed by atoms with Gasteiger partial charge in [0.15, 0.2) is 5.96 Å². The Kier molecular flexibility index (Phi) is 8.80. The summed E-state index contributed by atoms with van der Waals surface area (Å²) < 4.78 is 1.88. The molecule has 0 radical (unpaired) electrons. The highest BCUT2D eigenvalue weighted by molar-refractivity contribution is 14.0. The number of benzene rings is 1. The molecule has 0 aliphatic carbocycles. The zero-order valence-electron chi connectivity index (χ0n) is 15.6. The van der Waals surface area contributed by atoms with Crippen molar-refractivity contribution in [3.63, 3.8) is 0 Å². The maximum Gasteiger partial charge on any atom is 0.191 e. The minimum Gasteiger partial charge on any atom is -0.357 e. The van der Waals surface area contributed by atoms with Crippen LogP contribution in [0.5, 0.6) is 0 Å². The molecule has 27 heavy (non-hydrogen) atoms. The number of thiophene rings is 1. The van der Waals surface area contributed by atoms with Gasteiger partial charge in [0.1, 0.15) is 0 Å². The van der Waals surface area contributed by atoms with Crippen molar-refractivity contribution in [2.24, 2.45) is 4.99 Å². The first kappa shape index (κ1) is 21.4. The summed E-state index contributed by atoms with van der Waals surface area (Å²) in [5.41, 5.74) is 3.50. The van der Waals surface area contributed by atoms with Gasteiger partial charge in [0.25, 0.3) is 0 Å². The molecule has 144 valence electrons. The second-order valence-corrected chi connectivity index (χ2v) is 6.94. The molecule has 7 heteroatoms. The van der Waals surface area contributed by atoms with Crippen LogP contribution >= 0.6 is 35.3 Å². The summed E-state index contributed by atoms with van der Waals surface area (Å²) in [6.45, 7) is 6.58. The smallest absolute Gasteiger partial charge is 0.191 e. The van der Waals surface area contributed by atoms with Gasteiger partial charge in [-0.25, -0.2) is 9.67 Å². The molecule has 0 amide bonds. The summed E-state index contributed by atoms with van der Waals surface area (Å²) in [6, 6.07) is 12.3. The van der Waals surface area contributed by atoms with Gasteiger partial charge < -0.3 is 10.6 Å². The average Bonchev–Trinajstić information content (AvgIpc) is 3.36. The fourth-order valence-corrected chi connectivity index (χ4v) is 3.38. The Morgan fingerprint density at radius 1 is 1.22 bits per heavy atom. The zero-order valence-corrected chi connectivity index (χ0v) is 18.8. The molecule has 2 N–H and O–H groups in total. The molecule has 0 saturated carbocycles. The van der Waals surface area contributed by atoms with Crippen molar-refractivity contribution < 1.29 is 0 Å². The van der Waals surface area contributed by atoms with Crippen LogP contribution in [0.15, 0.2) is 64.5 Å². The largest absolute Gasteiger partial charge is 0.357 e. The van der Waals surface area contributed by atoms with E-state index in [1.807, 2.05) is 47.4 Å². The summed E-state index contributed by atoms with van der Waals surface area (Å²) in [6.07, 6.45) is 3.89. The summed E-state index contributed by atoms with van der Waals surface area (Å²) >= 11 is 1.74. The highest BCUT2D eigenvalue weighted by Gasteiger charge is 2.07. The van der Waals surface area contributed by atoms with Crippen LogP contribution in [0.3, 0.4) is 0 Å². The number of hydrogen-bond donors (Lipinski definition) is 2. The summed E-state index contributed by atoms with van der Waals surface area (Å²) in [4.78, 5) is 4.69. The minimum absolute atomic E-state index is 0. The van der Waals surface area contributed by atoms with Crippen LogP contribution in [0, 0.1) is 0 Å². The highest BCUT2D eigenvalue weighted by atomic mass is 127. The van der Waals surface area contributed by atoms with E-state index in [-0.39, 0.29) is 24.0 Å². The monoisotopic (exact) mass is 495 g/mol. The first-order valence-electron chi connectivity index (χ1n) is 8.89. The standard InChI is InChI=1S/C20H25N5S.HI/c1-3-21-20(22-11-16(2)18-9-10-26-15-18)23-12-17-13-24-25(14-17)19-7-5-4-6-8-19;/h4-10,13-16H,3,11-12H2,1-2H3,(H2,21,22,23);1H. The topological polar surface area (TPSA) is 54.2 Å². The molecule has 5 nitrogen and oxygen atoms in total. The molecule has 0 spiro atoms. The lowest BCUT2D eigenvalue weighted by atomic mass is 10.1. The van der Waals surface area contributed by atoms with E-state index in [0.29, 0.717) is 12.5 Å². The molecular weight excluding hydrogens is 469 g/mol. The first-order chi connectivity index (χ1) is 12.8. The molecule has 0 aliphatic heterocycles. The SMILES string of the molecule is CCNC(=NCc1cnn(-c2ccccc2)c1)NCC(C)c1ccsc1.I. The molecule has 0 saturated heterocycles. The lowest BCUT2D eigenvalue weighted by molar-refractivity contribution is 0.701. The van der Waals surface area contributed by atoms with E-state index in [1.165, 1.54) is 5.56 Å². The number of aliphatic imine (C=N–C) groups is 1. The van der Waals surface area contributed by atoms with E-state index in [9.17, 15) is 0 Å². The predicted molar refractivity (Wildman–Crippen MR) is 125 cm³/mol. The van der Waals surface area contributed by atoms with E-state index in [1.54, 1.807) is 11.3 Å². The van der Waals surface area contributed by atoms with Crippen molar-refractivity contribution >= 4 is 41.3 Å². The Balaban J connectivity index is 0.00000261. The van der Waals surface area contributed by atoms with Crippen molar-refractivity contribution in [3.8, 4) is 5.69 Å². The molecule has 0 bridgehead atoms. The van der Waals surface area contributed by atoms with Gasteiger partial charge in [-0.1, -0.05) is 25.1 Å². The van der Waals surface area contributed by atoms with Crippen molar-refractivity contribution in [1.82, 2.24) is 20.4 Å². The number of nitrogens with one attached hydrogen (secondary N) is 2. The maximum absolute atomic E-state index is 4.69. The van der Waals surface area contributed by atoms with E-state index >= 15 is 0 Å². The molecule has 3 rings (SSSR count). The number of guanidine groups is 1. The van der Waals surface area contributed by atoms with E-state index in [4.69, 9.17) is 0 Å². The zero-order chi connectivity index (χ0) is 18.2. The third-order valence-corrected chi connectivity index (χ3v) is 4.81. The minimum atomic E-state index is 0. The molecule has 0 fully saturated rings. The molecule has 3 aromatic rings. The molecule has 1 aromatic carbocycles. The van der Waals surface area contributed by atoms with E-state index in [0.717, 1.165) is 30.3 Å². The molecule has 2 aromatic heterocycles. The van der Waals surface area contributed by atoms with Gasteiger partial charge in [-0.05, 0) is 47.4 Å². The van der Waals surface area contributed by atoms with Gasteiger partial charge in [0.05, 0.1) is 18.4 Å². The fraction of sp³-hybridized carbons (Fsp3) is 0.300. The van der Waals surface area contributed by atoms with Crippen LogP contribution in [0.1, 0.15) is 30.9 Å². The summed E-state index contributed by atoms with van der Waals surface area (Å²) in [5.74, 6) is 1.29. The Morgan fingerprint density at radius 3 is 2.74 bits per heavy atom. The van der Waals surface area contributed by atoms with E-state index in [2.05, 4.69) is 51.4 Å². The van der Waals surface area contributed by atoms with Crippen molar-refractivity contribution in [1.29, 1.82) is 0 Å². The van der Waals surface area contributed by atoms with Gasteiger partial charge in [-0.2, -0.15) is 16.4 Å². The molecule has 2 heterocycles. The van der Waals surface area contributed by atoms with Crippen molar-refractivity contribution in [2.45, 2.75) is 26.3 Å². The van der Waals surface area contributed by atoms with Crippen LogP contribution in [0.25, 0.3) is 5.69 Å². The van der Waals surface area contributed by atoms with Gasteiger partial charge in [0, 0.05) is 24.8 Å². The second-order valence-electron chi connectivity index (χ2n) is 6.16. The molecule has 1 atom stereocenters. The molecule has 1 unspecified atom stereocenters. The Morgan fingerprint density at radius 2 is 2.04 bits per heavy atom. The normalized spacial score (nSPS) is 12.3. The molecule has 0 aliphatic rings. The number of nitrogens with zero attached hydrogens (tertiary/aromatic N) is 3. The quantitative estimate of drug-likeness (QED) is 0.290. The predicted octanol–water partition coefficient (Wildman–Crippen LogP) is 4.41. The maximum atomic E-state index is 4.69. The van der Waals surface area contributed by atoms with Crippen molar-refractivity contribution in [3.05, 3.63) is 70.7 Å². The van der Waals surface area contributed by atoms with Gasteiger partial charge in [0.2, 0.25) is 0 Å². The number of aromatic nitrogens is 2. The van der Waals surface area contributed by atoms with Crippen LogP contribution in [-0.2, 0) is 6.54 Å². The summed E-state index contributed by atoms with van der Waals surface area (Å²) in [5, 5.41) is 15.5. The fourth-order valence-electron chi connectivity index (χ4n) is 2.60. The number of para-hydroxylation sites is 1. The van der Waals surface area contributed by atoms with Gasteiger partial charge in [-0.3, -0.25) is 0 Å². The van der Waals surface area contributed by atoms with Crippen LogP contribution in [-0.4, -0.2) is 28.8 Å². The number of halogens is 1. The van der Waals surface area contributed by atoms with Crippen molar-refractivity contribution in [2.75, 3.05) is 13.1 Å². The van der Waals surface area contributed by atoms with Crippen LogP contribution in [0.4, 0.5) is 0 Å². The van der Waals surface area contributed by atoms with Crippen LogP contribution in [0.2, 0.25) is 0 Å². The van der Waals surface area contributed by atoms with E-state index < -0.39 is 0 Å². The summed E-state index contributed by atoms with van der Waals surface area (Å²) in [7, 11) is 0. The third-order valence-electron chi connectivity index (χ3n) is 4.11.